The van der Waals surface area contributed by atoms with Crippen LogP contribution in [0, 0.1) is 0 Å². The SMILES string of the molecule is O=C(CO)CCCCCCC1=CCCC12OCCO2. The molecule has 0 radical (unpaired) electrons. The van der Waals surface area contributed by atoms with Crippen LogP contribution in [-0.4, -0.2) is 36.5 Å². The van der Waals surface area contributed by atoms with E-state index in [0.717, 1.165) is 44.9 Å². The summed E-state index contributed by atoms with van der Waals surface area (Å²) in [5.41, 5.74) is 1.32. The third-order valence-electron chi connectivity index (χ3n) is 3.94. The molecule has 0 aromatic carbocycles. The summed E-state index contributed by atoms with van der Waals surface area (Å²) < 4.78 is 11.6. The molecule has 108 valence electrons. The lowest BCUT2D eigenvalue weighted by molar-refractivity contribution is -0.125. The lowest BCUT2D eigenvalue weighted by Gasteiger charge is -2.25. The zero-order valence-electron chi connectivity index (χ0n) is 11.5. The van der Waals surface area contributed by atoms with Gasteiger partial charge in [-0.25, -0.2) is 0 Å². The van der Waals surface area contributed by atoms with E-state index in [-0.39, 0.29) is 18.2 Å². The van der Waals surface area contributed by atoms with Crippen LogP contribution in [-0.2, 0) is 14.3 Å². The number of aliphatic hydroxyl groups is 1. The van der Waals surface area contributed by atoms with Gasteiger partial charge in [0, 0.05) is 12.8 Å². The van der Waals surface area contributed by atoms with Gasteiger partial charge in [0.25, 0.3) is 0 Å². The van der Waals surface area contributed by atoms with Gasteiger partial charge < -0.3 is 14.6 Å². The second-order valence-electron chi connectivity index (χ2n) is 5.33. The highest BCUT2D eigenvalue weighted by molar-refractivity contribution is 5.79. The van der Waals surface area contributed by atoms with E-state index in [1.165, 1.54) is 5.57 Å². The number of ether oxygens (including phenoxy) is 2. The summed E-state index contributed by atoms with van der Waals surface area (Å²) in [7, 11) is 0. The first-order valence-electron chi connectivity index (χ1n) is 7.37. The van der Waals surface area contributed by atoms with Crippen LogP contribution in [0.15, 0.2) is 11.6 Å². The van der Waals surface area contributed by atoms with Crippen molar-refractivity contribution in [2.45, 2.75) is 57.2 Å². The number of hydrogen-bond donors (Lipinski definition) is 1. The Morgan fingerprint density at radius 1 is 1.21 bits per heavy atom. The van der Waals surface area contributed by atoms with Gasteiger partial charge in [0.15, 0.2) is 11.6 Å². The Balaban J connectivity index is 1.59. The molecular weight excluding hydrogens is 244 g/mol. The number of allylic oxidation sites excluding steroid dienone is 1. The molecule has 4 nitrogen and oxygen atoms in total. The Labute approximate surface area is 114 Å². The van der Waals surface area contributed by atoms with Gasteiger partial charge in [0.05, 0.1) is 13.2 Å². The van der Waals surface area contributed by atoms with Crippen molar-refractivity contribution >= 4 is 5.78 Å². The summed E-state index contributed by atoms with van der Waals surface area (Å²) in [6.45, 7) is 1.10. The largest absolute Gasteiger partial charge is 0.389 e. The first-order chi connectivity index (χ1) is 9.27. The van der Waals surface area contributed by atoms with Crippen LogP contribution in [0.2, 0.25) is 0 Å². The molecular formula is C15H24O4. The molecule has 1 aliphatic carbocycles. The molecule has 2 rings (SSSR count). The fourth-order valence-corrected chi connectivity index (χ4v) is 2.90. The van der Waals surface area contributed by atoms with Gasteiger partial charge in [-0.05, 0) is 31.3 Å². The van der Waals surface area contributed by atoms with Crippen molar-refractivity contribution < 1.29 is 19.4 Å². The average molecular weight is 268 g/mol. The maximum atomic E-state index is 10.9. The second-order valence-corrected chi connectivity index (χ2v) is 5.33. The normalized spacial score (nSPS) is 21.0. The summed E-state index contributed by atoms with van der Waals surface area (Å²) in [6.07, 6.45) is 10.0. The number of unbranched alkanes of at least 4 members (excludes halogenated alkanes) is 3. The van der Waals surface area contributed by atoms with Crippen molar-refractivity contribution in [1.82, 2.24) is 0 Å². The van der Waals surface area contributed by atoms with Crippen LogP contribution in [0.3, 0.4) is 0 Å². The molecule has 2 aliphatic rings. The van der Waals surface area contributed by atoms with Crippen molar-refractivity contribution in [3.63, 3.8) is 0 Å². The first kappa shape index (κ1) is 14.7. The van der Waals surface area contributed by atoms with Crippen molar-refractivity contribution in [2.75, 3.05) is 19.8 Å². The molecule has 0 bridgehead atoms. The van der Waals surface area contributed by atoms with Crippen LogP contribution >= 0.6 is 0 Å². The molecule has 1 heterocycles. The van der Waals surface area contributed by atoms with Crippen LogP contribution < -0.4 is 0 Å². The van der Waals surface area contributed by atoms with Gasteiger partial charge >= 0.3 is 0 Å². The molecule has 1 spiro atoms. The van der Waals surface area contributed by atoms with E-state index >= 15 is 0 Å². The fraction of sp³-hybridized carbons (Fsp3) is 0.800. The zero-order valence-corrected chi connectivity index (χ0v) is 11.5. The van der Waals surface area contributed by atoms with E-state index in [1.54, 1.807) is 0 Å². The number of carbonyl (C=O) groups is 1. The fourth-order valence-electron chi connectivity index (χ4n) is 2.90. The highest BCUT2D eigenvalue weighted by Crippen LogP contribution is 2.40. The third-order valence-corrected chi connectivity index (χ3v) is 3.94. The number of hydrogen-bond acceptors (Lipinski definition) is 4. The van der Waals surface area contributed by atoms with Crippen molar-refractivity contribution in [2.24, 2.45) is 0 Å². The molecule has 19 heavy (non-hydrogen) atoms. The zero-order chi connectivity index (χ0) is 13.6. The number of aliphatic hydroxyl groups excluding tert-OH is 1. The van der Waals surface area contributed by atoms with E-state index < -0.39 is 0 Å². The van der Waals surface area contributed by atoms with Gasteiger partial charge in [0.2, 0.25) is 0 Å². The molecule has 1 fully saturated rings. The molecule has 0 atom stereocenters. The Kier molecular flexibility index (Phi) is 5.55. The summed E-state index contributed by atoms with van der Waals surface area (Å²) in [6, 6.07) is 0. The molecule has 1 N–H and O–H groups in total. The van der Waals surface area contributed by atoms with Gasteiger partial charge in [-0.2, -0.15) is 0 Å². The molecule has 1 aliphatic heterocycles. The van der Waals surface area contributed by atoms with Crippen molar-refractivity contribution in [1.29, 1.82) is 0 Å². The highest BCUT2D eigenvalue weighted by Gasteiger charge is 2.42. The van der Waals surface area contributed by atoms with Gasteiger partial charge in [0.1, 0.15) is 6.61 Å². The summed E-state index contributed by atoms with van der Waals surface area (Å²) in [5.74, 6) is -0.433. The predicted molar refractivity (Wildman–Crippen MR) is 71.7 cm³/mol. The minimum atomic E-state index is -0.382. The Hall–Kier alpha value is -0.710. The van der Waals surface area contributed by atoms with E-state index in [9.17, 15) is 4.79 Å². The van der Waals surface area contributed by atoms with E-state index in [2.05, 4.69) is 6.08 Å². The minimum Gasteiger partial charge on any atom is -0.389 e. The van der Waals surface area contributed by atoms with E-state index in [0.29, 0.717) is 19.6 Å². The van der Waals surface area contributed by atoms with Crippen molar-refractivity contribution in [3.8, 4) is 0 Å². The van der Waals surface area contributed by atoms with Crippen LogP contribution in [0.5, 0.6) is 0 Å². The number of carbonyl (C=O) groups excluding carboxylic acids is 1. The van der Waals surface area contributed by atoms with E-state index in [4.69, 9.17) is 14.6 Å². The van der Waals surface area contributed by atoms with Crippen LogP contribution in [0.4, 0.5) is 0 Å². The highest BCUT2D eigenvalue weighted by atomic mass is 16.7. The van der Waals surface area contributed by atoms with Gasteiger partial charge in [-0.15, -0.1) is 0 Å². The molecule has 0 aromatic heterocycles. The molecule has 0 saturated carbocycles. The van der Waals surface area contributed by atoms with Gasteiger partial charge in [-0.1, -0.05) is 18.9 Å². The van der Waals surface area contributed by atoms with Crippen molar-refractivity contribution in [3.05, 3.63) is 11.6 Å². The maximum absolute atomic E-state index is 10.9. The van der Waals surface area contributed by atoms with E-state index in [1.807, 2.05) is 0 Å². The molecule has 1 saturated heterocycles. The smallest absolute Gasteiger partial charge is 0.191 e. The molecule has 4 heteroatoms. The monoisotopic (exact) mass is 268 g/mol. The number of rotatable bonds is 8. The Morgan fingerprint density at radius 3 is 2.68 bits per heavy atom. The lowest BCUT2D eigenvalue weighted by atomic mass is 10.0. The molecule has 0 aromatic rings. The Morgan fingerprint density at radius 2 is 1.95 bits per heavy atom. The summed E-state index contributed by atoms with van der Waals surface area (Å²) in [5, 5.41) is 8.61. The van der Waals surface area contributed by atoms with Crippen LogP contribution in [0.25, 0.3) is 0 Å². The topological polar surface area (TPSA) is 55.8 Å². The standard InChI is InChI=1S/C15H24O4/c16-12-14(17)8-4-2-1-3-6-13-7-5-9-15(13)18-10-11-19-15/h7,16H,1-6,8-12H2. The first-order valence-corrected chi connectivity index (χ1v) is 7.37. The summed E-state index contributed by atoms with van der Waals surface area (Å²) >= 11 is 0. The van der Waals surface area contributed by atoms with Crippen LogP contribution in [0.1, 0.15) is 51.4 Å². The second kappa shape index (κ2) is 7.17. The quantitative estimate of drug-likeness (QED) is 0.542. The Bertz CT molecular complexity index is 329. The lowest BCUT2D eigenvalue weighted by Crippen LogP contribution is -2.29. The number of Topliss-reactive ketones (excluding diaryl/α,β-unsaturated/α-hetero) is 1. The summed E-state index contributed by atoms with van der Waals surface area (Å²) in [4.78, 5) is 10.9. The average Bonchev–Trinajstić information content (AvgIpc) is 3.05. The minimum absolute atomic E-state index is 0.0507. The molecule has 0 unspecified atom stereocenters. The van der Waals surface area contributed by atoms with Gasteiger partial charge in [-0.3, -0.25) is 4.79 Å². The maximum Gasteiger partial charge on any atom is 0.191 e. The third kappa shape index (κ3) is 3.88. The predicted octanol–water partition coefficient (Wildman–Crippen LogP) is 2.35. The molecule has 0 amide bonds. The number of ketones is 1.